The largest absolute Gasteiger partial charge is 0.492 e. The van der Waals surface area contributed by atoms with Crippen LogP contribution in [0.2, 0.25) is 0 Å². The number of aliphatic imine (C=N–C) groups is 2. The number of β-amino-alcohol motifs (C(OH)–C–C–N with tert-alkyl or cyclic N) is 1. The number of aliphatic hydroxyl groups excluding tert-OH is 1. The van der Waals surface area contributed by atoms with Gasteiger partial charge in [-0.15, -0.1) is 22.7 Å². The first kappa shape index (κ1) is 41.0. The van der Waals surface area contributed by atoms with Crippen LogP contribution in [0.1, 0.15) is 76.2 Å². The van der Waals surface area contributed by atoms with Crippen molar-refractivity contribution < 1.29 is 29.3 Å². The Morgan fingerprint density at radius 3 is 1.76 bits per heavy atom. The fourth-order valence-corrected chi connectivity index (χ4v) is 11.8. The number of aromatic nitrogens is 4. The zero-order chi connectivity index (χ0) is 43.2. The van der Waals surface area contributed by atoms with Crippen molar-refractivity contribution in [3.63, 3.8) is 0 Å². The summed E-state index contributed by atoms with van der Waals surface area (Å²) < 4.78 is 11.8. The van der Waals surface area contributed by atoms with Gasteiger partial charge in [-0.05, 0) is 116 Å². The third-order valence-electron chi connectivity index (χ3n) is 12.4. The number of ether oxygens (including phenoxy) is 2. The molecule has 0 spiro atoms. The van der Waals surface area contributed by atoms with Gasteiger partial charge < -0.3 is 35.2 Å². The van der Waals surface area contributed by atoms with Crippen LogP contribution in [0.3, 0.4) is 0 Å². The van der Waals surface area contributed by atoms with Gasteiger partial charge >= 0.3 is 5.97 Å². The van der Waals surface area contributed by atoms with Gasteiger partial charge in [0.2, 0.25) is 5.91 Å². The molecule has 0 radical (unpaired) electrons. The molecule has 63 heavy (non-hydrogen) atoms. The van der Waals surface area contributed by atoms with Crippen molar-refractivity contribution in [3.8, 4) is 11.5 Å². The van der Waals surface area contributed by atoms with Gasteiger partial charge in [-0.2, -0.15) is 0 Å². The number of aliphatic carboxylic acids is 1. The monoisotopic (exact) mass is 885 g/mol. The van der Waals surface area contributed by atoms with Crippen LogP contribution in [0, 0.1) is 11.8 Å². The fraction of sp³-hybridized carbons (Fsp3) is 0.391. The van der Waals surface area contributed by atoms with Crippen LogP contribution in [0.5, 0.6) is 11.5 Å². The molecule has 324 valence electrons. The highest BCUT2D eigenvalue weighted by Gasteiger charge is 2.35. The highest BCUT2D eigenvalue weighted by molar-refractivity contribution is 7.19. The van der Waals surface area contributed by atoms with Gasteiger partial charge in [0.25, 0.3) is 0 Å². The van der Waals surface area contributed by atoms with E-state index in [9.17, 15) is 19.8 Å². The number of nitrogens with zero attached hydrogens (tertiary/aromatic N) is 7. The standard InChI is InChI=1S/C25H27N5O3S.C21H20N4O3S/c1-2-33-20-8-16-11-26-10-15(16)7-19(20)29-23-22-18-4-3-14(25(32)30-6-5-17(31)12-30)9-21(18)34-24(22)28-13-27-23;1-2-28-16-6-13-9-22-8-12(13)5-15(16)25-19-18-14-4-3-11(21(26)27)7-17(14)29-20(18)24-10-23-19/h7-8,10,13-14,17,31H,2-6,9,11-12H2,1H3,(H,27,28,29);5-6,8,10-11H,2-4,7,9H2,1H3,(H,26,27)(H,23,24,25)/t14?,17-;/m1./s1. The molecule has 3 atom stereocenters. The average Bonchev–Trinajstić information content (AvgIpc) is 4.14. The van der Waals surface area contributed by atoms with Crippen LogP contribution in [0.25, 0.3) is 20.4 Å². The fourth-order valence-electron chi connectivity index (χ4n) is 9.31. The molecule has 5 aliphatic rings. The zero-order valence-electron chi connectivity index (χ0n) is 35.0. The maximum absolute atomic E-state index is 13.0. The summed E-state index contributed by atoms with van der Waals surface area (Å²) in [5.74, 6) is 2.17. The third-order valence-corrected chi connectivity index (χ3v) is 14.8. The molecule has 17 heteroatoms. The Morgan fingerprint density at radius 2 is 1.27 bits per heavy atom. The molecule has 0 saturated carbocycles. The summed E-state index contributed by atoms with van der Waals surface area (Å²) >= 11 is 3.23. The maximum atomic E-state index is 13.0. The Hall–Kier alpha value is -6.04. The summed E-state index contributed by atoms with van der Waals surface area (Å²) in [6, 6.07) is 8.21. The van der Waals surface area contributed by atoms with E-state index in [-0.39, 0.29) is 23.8 Å². The summed E-state index contributed by atoms with van der Waals surface area (Å²) in [7, 11) is 0. The second kappa shape index (κ2) is 17.3. The molecule has 11 rings (SSSR count). The maximum Gasteiger partial charge on any atom is 0.306 e. The second-order valence-electron chi connectivity index (χ2n) is 16.4. The van der Waals surface area contributed by atoms with Gasteiger partial charge in [-0.3, -0.25) is 19.6 Å². The van der Waals surface area contributed by atoms with Crippen LogP contribution in [-0.4, -0.2) is 91.8 Å². The van der Waals surface area contributed by atoms with Crippen LogP contribution in [-0.2, 0) is 48.4 Å². The smallest absolute Gasteiger partial charge is 0.306 e. The first-order valence-electron chi connectivity index (χ1n) is 21.6. The number of thiophene rings is 2. The molecule has 2 unspecified atom stereocenters. The number of carbonyl (C=O) groups is 2. The Bertz CT molecular complexity index is 2840. The first-order chi connectivity index (χ1) is 30.7. The quantitative estimate of drug-likeness (QED) is 0.106. The van der Waals surface area contributed by atoms with E-state index in [1.54, 1.807) is 35.3 Å². The van der Waals surface area contributed by atoms with Crippen molar-refractivity contribution in [1.82, 2.24) is 24.8 Å². The first-order valence-corrected chi connectivity index (χ1v) is 23.2. The Labute approximate surface area is 371 Å². The molecule has 3 aliphatic heterocycles. The van der Waals surface area contributed by atoms with E-state index in [4.69, 9.17) is 9.47 Å². The predicted molar refractivity (Wildman–Crippen MR) is 245 cm³/mol. The molecule has 4 N–H and O–H groups in total. The number of anilines is 4. The number of benzene rings is 2. The number of likely N-dealkylation sites (tertiary alicyclic amines) is 1. The van der Waals surface area contributed by atoms with Gasteiger partial charge in [0.15, 0.2) is 0 Å². The molecule has 6 aromatic rings. The lowest BCUT2D eigenvalue weighted by Gasteiger charge is -2.26. The molecule has 7 heterocycles. The minimum atomic E-state index is -0.723. The van der Waals surface area contributed by atoms with Gasteiger partial charge in [0.1, 0.15) is 45.5 Å². The Kier molecular flexibility index (Phi) is 11.2. The number of hydrogen-bond donors (Lipinski definition) is 4. The van der Waals surface area contributed by atoms with Gasteiger partial charge in [-0.25, -0.2) is 19.9 Å². The lowest BCUT2D eigenvalue weighted by atomic mass is 9.87. The number of hydrogen-bond acceptors (Lipinski definition) is 15. The molecule has 1 amide bonds. The molecule has 2 aromatic carbocycles. The molecule has 1 fully saturated rings. The summed E-state index contributed by atoms with van der Waals surface area (Å²) in [4.78, 5) is 57.2. The lowest BCUT2D eigenvalue weighted by Crippen LogP contribution is -2.37. The number of nitrogens with one attached hydrogen (secondary N) is 2. The van der Waals surface area contributed by atoms with E-state index in [1.807, 2.05) is 43.3 Å². The van der Waals surface area contributed by atoms with Crippen molar-refractivity contribution in [3.05, 3.63) is 80.1 Å². The average molecular weight is 886 g/mol. The third kappa shape index (κ3) is 7.97. The Morgan fingerprint density at radius 1 is 0.746 bits per heavy atom. The van der Waals surface area contributed by atoms with E-state index < -0.39 is 5.97 Å². The topological polar surface area (TPSA) is 197 Å². The van der Waals surface area contributed by atoms with Crippen LogP contribution in [0.15, 0.2) is 46.9 Å². The highest BCUT2D eigenvalue weighted by Crippen LogP contribution is 2.44. The minimum Gasteiger partial charge on any atom is -0.492 e. The molecule has 15 nitrogen and oxygen atoms in total. The minimum absolute atomic E-state index is 0.0317. The van der Waals surface area contributed by atoms with Gasteiger partial charge in [0, 0.05) is 41.2 Å². The summed E-state index contributed by atoms with van der Waals surface area (Å²) in [5, 5.41) is 28.2. The van der Waals surface area contributed by atoms with Gasteiger partial charge in [-0.1, -0.05) is 0 Å². The molecule has 1 saturated heterocycles. The summed E-state index contributed by atoms with van der Waals surface area (Å²) in [6.07, 6.45) is 11.5. The number of aryl methyl sites for hydroxylation is 2. The van der Waals surface area contributed by atoms with Crippen molar-refractivity contribution in [1.29, 1.82) is 0 Å². The number of amides is 1. The normalized spacial score (nSPS) is 19.3. The molecule has 4 aromatic heterocycles. The number of carbonyl (C=O) groups excluding carboxylic acids is 1. The van der Waals surface area contributed by atoms with E-state index in [0.29, 0.717) is 58.7 Å². The van der Waals surface area contributed by atoms with E-state index in [0.717, 1.165) is 108 Å². The number of carboxylic acid groups (broad SMARTS) is 1. The number of rotatable bonds is 10. The van der Waals surface area contributed by atoms with Crippen molar-refractivity contribution in [2.24, 2.45) is 21.8 Å². The van der Waals surface area contributed by atoms with Crippen LogP contribution < -0.4 is 20.1 Å². The SMILES string of the molecule is CCOc1cc2c(cc1Nc1ncnc3sc4c(c13)CCC(C(=O)N1CC[C@@H](O)C1)C4)C=NC2.CCOc1cc2c(cc1Nc1ncnc3sc4c(c13)CCC(C(=O)O)C4)C=NC2. The number of aliphatic hydroxyl groups is 1. The van der Waals surface area contributed by atoms with Crippen molar-refractivity contribution in [2.45, 2.75) is 78.0 Å². The van der Waals surface area contributed by atoms with Crippen molar-refractivity contribution in [2.75, 3.05) is 36.9 Å². The second-order valence-corrected chi connectivity index (χ2v) is 18.6. The molecular formula is C46H47N9O6S2. The van der Waals surface area contributed by atoms with E-state index in [1.165, 1.54) is 16.0 Å². The molecular weight excluding hydrogens is 839 g/mol. The Balaban J connectivity index is 0.000000152. The van der Waals surface area contributed by atoms with E-state index >= 15 is 0 Å². The van der Waals surface area contributed by atoms with Crippen LogP contribution >= 0.6 is 22.7 Å². The summed E-state index contributed by atoms with van der Waals surface area (Å²) in [6.45, 7) is 7.56. The molecule has 0 bridgehead atoms. The van der Waals surface area contributed by atoms with E-state index in [2.05, 4.69) is 52.7 Å². The van der Waals surface area contributed by atoms with Crippen LogP contribution in [0.4, 0.5) is 23.0 Å². The lowest BCUT2D eigenvalue weighted by molar-refractivity contribution is -0.142. The highest BCUT2D eigenvalue weighted by atomic mass is 32.1. The zero-order valence-corrected chi connectivity index (χ0v) is 36.7. The van der Waals surface area contributed by atoms with Crippen molar-refractivity contribution >= 4 is 90.4 Å². The summed E-state index contributed by atoms with van der Waals surface area (Å²) in [5.41, 5.74) is 8.62. The predicted octanol–water partition coefficient (Wildman–Crippen LogP) is 7.42. The number of carboxylic acids is 1. The number of fused-ring (bicyclic) bond motifs is 8. The molecule has 2 aliphatic carbocycles. The van der Waals surface area contributed by atoms with Gasteiger partial charge in [0.05, 0.1) is 60.5 Å².